The number of rotatable bonds is 3. The number of nitrogens with two attached hydrogens (primary N) is 1. The highest BCUT2D eigenvalue weighted by molar-refractivity contribution is 6.57. The minimum absolute atomic E-state index is 0.168. The van der Waals surface area contributed by atoms with Gasteiger partial charge in [-0.2, -0.15) is 0 Å². The lowest BCUT2D eigenvalue weighted by molar-refractivity contribution is -0.138. The van der Waals surface area contributed by atoms with Crippen molar-refractivity contribution in [1.29, 1.82) is 0 Å². The van der Waals surface area contributed by atoms with Gasteiger partial charge in [0.05, 0.1) is 0 Å². The Morgan fingerprint density at radius 2 is 2.20 bits per heavy atom. The molecule has 0 bridgehead atoms. The Hall–Kier alpha value is -1.04. The third kappa shape index (κ3) is 3.08. The van der Waals surface area contributed by atoms with Crippen LogP contribution in [0.3, 0.4) is 0 Å². The van der Waals surface area contributed by atoms with E-state index in [9.17, 15) is 9.59 Å². The Balaban J connectivity index is 3.83. The molecule has 6 heteroatoms. The SMILES string of the molecule is [B]C(=O)NC(CN)C(=O)O. The van der Waals surface area contributed by atoms with Crippen LogP contribution < -0.4 is 11.1 Å². The Morgan fingerprint density at radius 1 is 1.70 bits per heavy atom. The number of carboxylic acids is 1. The summed E-state index contributed by atoms with van der Waals surface area (Å²) in [6.07, 6.45) is 0. The lowest BCUT2D eigenvalue weighted by Crippen LogP contribution is -2.45. The molecule has 0 saturated heterocycles. The molecule has 0 aromatic heterocycles. The molecular formula is C4H7BN2O3. The van der Waals surface area contributed by atoms with Gasteiger partial charge in [0, 0.05) is 6.54 Å². The van der Waals surface area contributed by atoms with E-state index >= 15 is 0 Å². The molecule has 0 aromatic carbocycles. The predicted molar refractivity (Wildman–Crippen MR) is 34.8 cm³/mol. The molecule has 0 aliphatic carbocycles. The summed E-state index contributed by atoms with van der Waals surface area (Å²) in [5.41, 5.74) is 4.97. The van der Waals surface area contributed by atoms with E-state index in [1.165, 1.54) is 0 Å². The van der Waals surface area contributed by atoms with Gasteiger partial charge in [-0.1, -0.05) is 0 Å². The van der Waals surface area contributed by atoms with Crippen LogP contribution in [0.15, 0.2) is 0 Å². The smallest absolute Gasteiger partial charge is 0.327 e. The van der Waals surface area contributed by atoms with Crippen LogP contribution in [-0.2, 0) is 4.79 Å². The standard InChI is InChI=1S/C4H7BN2O3/c5-4(10)7-2(1-6)3(8)9/h2H,1,6H2,(H,7,10)(H,8,9). The van der Waals surface area contributed by atoms with Crippen molar-refractivity contribution in [2.75, 3.05) is 6.54 Å². The fourth-order valence-electron chi connectivity index (χ4n) is 0.393. The highest BCUT2D eigenvalue weighted by atomic mass is 16.4. The number of carbonyl (C=O) groups is 2. The molecule has 0 aliphatic rings. The summed E-state index contributed by atoms with van der Waals surface area (Å²) < 4.78 is 0. The molecule has 0 aromatic rings. The van der Waals surface area contributed by atoms with Crippen LogP contribution in [0.25, 0.3) is 0 Å². The van der Waals surface area contributed by atoms with Crippen molar-refractivity contribution in [3.63, 3.8) is 0 Å². The molecule has 1 unspecified atom stereocenters. The van der Waals surface area contributed by atoms with Crippen molar-refractivity contribution in [1.82, 2.24) is 5.32 Å². The molecule has 4 N–H and O–H groups in total. The fourth-order valence-corrected chi connectivity index (χ4v) is 0.393. The largest absolute Gasteiger partial charge is 0.480 e. The van der Waals surface area contributed by atoms with E-state index in [2.05, 4.69) is 7.85 Å². The number of amides is 1. The second kappa shape index (κ2) is 3.89. The summed E-state index contributed by atoms with van der Waals surface area (Å²) in [6, 6.07) is -1.09. The number of carbonyl (C=O) groups excluding carboxylic acids is 1. The van der Waals surface area contributed by atoms with Crippen molar-refractivity contribution >= 4 is 19.6 Å². The van der Waals surface area contributed by atoms with Crippen LogP contribution in [0.1, 0.15) is 0 Å². The molecule has 1 amide bonds. The topological polar surface area (TPSA) is 92.4 Å². The maximum absolute atomic E-state index is 10.1. The molecule has 0 saturated carbocycles. The predicted octanol–water partition coefficient (Wildman–Crippen LogP) is -1.72. The summed E-state index contributed by atoms with van der Waals surface area (Å²) in [6.45, 7) is -0.168. The van der Waals surface area contributed by atoms with Gasteiger partial charge in [-0.25, -0.2) is 4.79 Å². The third-order valence-corrected chi connectivity index (χ3v) is 0.850. The Kier molecular flexibility index (Phi) is 3.49. The number of hydrogen-bond donors (Lipinski definition) is 3. The van der Waals surface area contributed by atoms with Gasteiger partial charge in [-0.3, -0.25) is 4.79 Å². The Morgan fingerprint density at radius 3 is 2.30 bits per heavy atom. The molecule has 0 rings (SSSR count). The maximum Gasteiger partial charge on any atom is 0.327 e. The first-order valence-corrected chi connectivity index (χ1v) is 2.56. The highest BCUT2D eigenvalue weighted by Gasteiger charge is 2.14. The van der Waals surface area contributed by atoms with Gasteiger partial charge in [0.1, 0.15) is 6.04 Å². The monoisotopic (exact) mass is 142 g/mol. The van der Waals surface area contributed by atoms with Gasteiger partial charge in [-0.15, -0.1) is 0 Å². The van der Waals surface area contributed by atoms with Gasteiger partial charge in [0.2, 0.25) is 7.85 Å². The number of carboxylic acid groups (broad SMARTS) is 1. The minimum Gasteiger partial charge on any atom is -0.480 e. The zero-order valence-corrected chi connectivity index (χ0v) is 5.20. The summed E-state index contributed by atoms with van der Waals surface area (Å²) in [4.78, 5) is 20.2. The molecule has 54 valence electrons. The van der Waals surface area contributed by atoms with Crippen molar-refractivity contribution in [2.24, 2.45) is 5.73 Å². The summed E-state index contributed by atoms with van der Waals surface area (Å²) in [7, 11) is 4.64. The molecule has 5 nitrogen and oxygen atoms in total. The van der Waals surface area contributed by atoms with Crippen LogP contribution in [-0.4, -0.2) is 37.3 Å². The number of aliphatic carboxylic acids is 1. The average molecular weight is 142 g/mol. The lowest BCUT2D eigenvalue weighted by Gasteiger charge is -2.09. The molecule has 0 heterocycles. The molecule has 0 aliphatic heterocycles. The van der Waals surface area contributed by atoms with Crippen molar-refractivity contribution < 1.29 is 14.7 Å². The Bertz CT molecular complexity index is 149. The van der Waals surface area contributed by atoms with E-state index in [-0.39, 0.29) is 6.54 Å². The van der Waals surface area contributed by atoms with Crippen LogP contribution in [0.2, 0.25) is 0 Å². The van der Waals surface area contributed by atoms with E-state index in [0.29, 0.717) is 0 Å². The van der Waals surface area contributed by atoms with Crippen LogP contribution in [0, 0.1) is 0 Å². The van der Waals surface area contributed by atoms with Crippen LogP contribution >= 0.6 is 0 Å². The van der Waals surface area contributed by atoms with E-state index in [4.69, 9.17) is 10.8 Å². The van der Waals surface area contributed by atoms with Crippen molar-refractivity contribution in [2.45, 2.75) is 6.04 Å². The first-order valence-electron chi connectivity index (χ1n) is 2.56. The minimum atomic E-state index is -1.19. The van der Waals surface area contributed by atoms with E-state index in [1.54, 1.807) is 0 Å². The van der Waals surface area contributed by atoms with Gasteiger partial charge in [0.25, 0.3) is 0 Å². The van der Waals surface area contributed by atoms with Crippen LogP contribution in [0.4, 0.5) is 4.79 Å². The zero-order chi connectivity index (χ0) is 8.15. The van der Waals surface area contributed by atoms with Crippen molar-refractivity contribution in [3.05, 3.63) is 0 Å². The third-order valence-electron chi connectivity index (χ3n) is 0.850. The quantitative estimate of drug-likeness (QED) is 0.408. The first kappa shape index (κ1) is 8.96. The van der Waals surface area contributed by atoms with Gasteiger partial charge >= 0.3 is 5.97 Å². The number of hydrogen-bond acceptors (Lipinski definition) is 3. The van der Waals surface area contributed by atoms with Gasteiger partial charge in [-0.05, 0) is 0 Å². The Labute approximate surface area is 59.0 Å². The van der Waals surface area contributed by atoms with E-state index in [0.717, 1.165) is 0 Å². The molecule has 0 spiro atoms. The lowest BCUT2D eigenvalue weighted by atomic mass is 10.1. The molecule has 2 radical (unpaired) electrons. The molecular weight excluding hydrogens is 135 g/mol. The van der Waals surface area contributed by atoms with E-state index < -0.39 is 17.8 Å². The molecule has 1 atom stereocenters. The molecule has 10 heavy (non-hydrogen) atoms. The average Bonchev–Trinajstić information content (AvgIpc) is 1.81. The second-order valence-corrected chi connectivity index (χ2v) is 1.64. The van der Waals surface area contributed by atoms with E-state index in [1.807, 2.05) is 5.32 Å². The maximum atomic E-state index is 10.1. The second-order valence-electron chi connectivity index (χ2n) is 1.64. The summed E-state index contributed by atoms with van der Waals surface area (Å²) >= 11 is 0. The number of nitrogens with one attached hydrogen (secondary N) is 1. The van der Waals surface area contributed by atoms with Gasteiger partial charge < -0.3 is 16.2 Å². The van der Waals surface area contributed by atoms with Gasteiger partial charge in [0.15, 0.2) is 5.81 Å². The highest BCUT2D eigenvalue weighted by Crippen LogP contribution is 1.78. The van der Waals surface area contributed by atoms with Crippen LogP contribution in [0.5, 0.6) is 0 Å². The van der Waals surface area contributed by atoms with Crippen molar-refractivity contribution in [3.8, 4) is 0 Å². The molecule has 0 fully saturated rings. The fraction of sp³-hybridized carbons (Fsp3) is 0.500. The first-order chi connectivity index (χ1) is 4.57. The summed E-state index contributed by atoms with van der Waals surface area (Å²) in [5, 5.41) is 10.2. The normalized spacial score (nSPS) is 12.1. The summed E-state index contributed by atoms with van der Waals surface area (Å²) in [5.74, 6) is -2.08. The zero-order valence-electron chi connectivity index (χ0n) is 5.20.